The average molecular weight is 234 g/mol. The van der Waals surface area contributed by atoms with E-state index < -0.39 is 0 Å². The minimum atomic E-state index is 0.741. The number of benzene rings is 1. The quantitative estimate of drug-likeness (QED) is 0.653. The molecule has 0 fully saturated rings. The highest BCUT2D eigenvalue weighted by atomic mass is 32.2. The van der Waals surface area contributed by atoms with Gasteiger partial charge in [0, 0.05) is 18.3 Å². The molecule has 5 heteroatoms. The molecule has 2 rings (SSSR count). The van der Waals surface area contributed by atoms with Crippen LogP contribution in [0, 0.1) is 0 Å². The lowest BCUT2D eigenvalue weighted by Crippen LogP contribution is -1.95. The van der Waals surface area contributed by atoms with E-state index >= 15 is 0 Å². The summed E-state index contributed by atoms with van der Waals surface area (Å²) in [5.74, 6) is 1.84. The Hall–Kier alpha value is -1.49. The van der Waals surface area contributed by atoms with E-state index in [4.69, 9.17) is 5.73 Å². The van der Waals surface area contributed by atoms with Crippen molar-refractivity contribution in [1.82, 2.24) is 14.8 Å². The van der Waals surface area contributed by atoms with Crippen molar-refractivity contribution in [3.05, 3.63) is 24.3 Å². The van der Waals surface area contributed by atoms with Gasteiger partial charge in [0.15, 0.2) is 11.0 Å². The summed E-state index contributed by atoms with van der Waals surface area (Å²) < 4.78 is 1.99. The number of aromatic nitrogens is 3. The molecule has 16 heavy (non-hydrogen) atoms. The molecule has 0 aliphatic carbocycles. The highest BCUT2D eigenvalue weighted by Gasteiger charge is 2.10. The fraction of sp³-hybridized carbons (Fsp3) is 0.273. The van der Waals surface area contributed by atoms with Crippen molar-refractivity contribution in [2.45, 2.75) is 12.1 Å². The summed E-state index contributed by atoms with van der Waals surface area (Å²) in [7, 11) is 1.97. The molecule has 0 spiro atoms. The van der Waals surface area contributed by atoms with Gasteiger partial charge in [-0.1, -0.05) is 30.8 Å². The smallest absolute Gasteiger partial charge is 0.191 e. The van der Waals surface area contributed by atoms with Crippen molar-refractivity contribution in [3.63, 3.8) is 0 Å². The molecule has 0 radical (unpaired) electrons. The minimum absolute atomic E-state index is 0.741. The second-order valence-corrected chi connectivity index (χ2v) is 4.65. The molecule has 4 nitrogen and oxygen atoms in total. The van der Waals surface area contributed by atoms with Gasteiger partial charge < -0.3 is 10.3 Å². The van der Waals surface area contributed by atoms with Crippen molar-refractivity contribution < 1.29 is 0 Å². The van der Waals surface area contributed by atoms with Gasteiger partial charge >= 0.3 is 0 Å². The molecule has 0 bridgehead atoms. The summed E-state index contributed by atoms with van der Waals surface area (Å²) in [5.41, 5.74) is 7.49. The van der Waals surface area contributed by atoms with Crippen molar-refractivity contribution in [3.8, 4) is 11.4 Å². The summed E-state index contributed by atoms with van der Waals surface area (Å²) >= 11 is 1.68. The lowest BCUT2D eigenvalue weighted by molar-refractivity contribution is 0.794. The zero-order chi connectivity index (χ0) is 11.5. The largest absolute Gasteiger partial charge is 0.399 e. The SMILES string of the molecule is CCSc1nnc(-c2cccc(N)c2)n1C. The molecule has 0 saturated heterocycles. The molecule has 2 aromatic rings. The molecule has 0 aliphatic heterocycles. The number of hydrogen-bond acceptors (Lipinski definition) is 4. The molecule has 0 aliphatic rings. The highest BCUT2D eigenvalue weighted by Crippen LogP contribution is 2.23. The van der Waals surface area contributed by atoms with Crippen LogP contribution < -0.4 is 5.73 Å². The second-order valence-electron chi connectivity index (χ2n) is 3.42. The van der Waals surface area contributed by atoms with Crippen LogP contribution in [0.1, 0.15) is 6.92 Å². The van der Waals surface area contributed by atoms with Crippen LogP contribution in [0.3, 0.4) is 0 Å². The predicted molar refractivity (Wildman–Crippen MR) is 67.2 cm³/mol. The van der Waals surface area contributed by atoms with Crippen LogP contribution in [0.5, 0.6) is 0 Å². The number of nitrogens with two attached hydrogens (primary N) is 1. The topological polar surface area (TPSA) is 56.7 Å². The Morgan fingerprint density at radius 1 is 1.38 bits per heavy atom. The zero-order valence-electron chi connectivity index (χ0n) is 9.34. The van der Waals surface area contributed by atoms with Crippen molar-refractivity contribution in [2.24, 2.45) is 7.05 Å². The first-order valence-electron chi connectivity index (χ1n) is 5.10. The summed E-state index contributed by atoms with van der Waals surface area (Å²) in [6.45, 7) is 2.10. The number of hydrogen-bond donors (Lipinski definition) is 1. The van der Waals surface area contributed by atoms with Crippen LogP contribution in [0.15, 0.2) is 29.4 Å². The summed E-state index contributed by atoms with van der Waals surface area (Å²) in [5, 5.41) is 9.26. The van der Waals surface area contributed by atoms with Gasteiger partial charge in [0.1, 0.15) is 0 Å². The van der Waals surface area contributed by atoms with Gasteiger partial charge in [-0.25, -0.2) is 0 Å². The van der Waals surface area contributed by atoms with Crippen molar-refractivity contribution in [2.75, 3.05) is 11.5 Å². The van der Waals surface area contributed by atoms with Gasteiger partial charge in [0.05, 0.1) is 0 Å². The maximum absolute atomic E-state index is 5.75. The number of thioether (sulfide) groups is 1. The lowest BCUT2D eigenvalue weighted by Gasteiger charge is -2.03. The van der Waals surface area contributed by atoms with E-state index in [1.54, 1.807) is 11.8 Å². The number of nitrogen functional groups attached to an aromatic ring is 1. The van der Waals surface area contributed by atoms with E-state index in [2.05, 4.69) is 17.1 Å². The number of nitrogens with zero attached hydrogens (tertiary/aromatic N) is 3. The Kier molecular flexibility index (Phi) is 3.14. The van der Waals surface area contributed by atoms with Crippen molar-refractivity contribution in [1.29, 1.82) is 0 Å². The van der Waals surface area contributed by atoms with Crippen LogP contribution in [-0.4, -0.2) is 20.5 Å². The number of anilines is 1. The molecular weight excluding hydrogens is 220 g/mol. The first-order chi connectivity index (χ1) is 7.72. The van der Waals surface area contributed by atoms with Crippen LogP contribution in [0.25, 0.3) is 11.4 Å². The summed E-state index contributed by atoms with van der Waals surface area (Å²) in [4.78, 5) is 0. The summed E-state index contributed by atoms with van der Waals surface area (Å²) in [6, 6.07) is 7.68. The van der Waals surface area contributed by atoms with Crippen LogP contribution >= 0.6 is 11.8 Å². The maximum Gasteiger partial charge on any atom is 0.191 e. The Labute approximate surface area is 98.9 Å². The first-order valence-corrected chi connectivity index (χ1v) is 6.09. The standard InChI is InChI=1S/C11H14N4S/c1-3-16-11-14-13-10(15(11)2)8-5-4-6-9(12)7-8/h4-7H,3,12H2,1-2H3. The fourth-order valence-electron chi connectivity index (χ4n) is 1.50. The first kappa shape index (κ1) is 11.0. The van der Waals surface area contributed by atoms with Crippen molar-refractivity contribution >= 4 is 17.4 Å². The molecule has 1 aromatic carbocycles. The van der Waals surface area contributed by atoms with Crippen LogP contribution in [0.2, 0.25) is 0 Å². The van der Waals surface area contributed by atoms with Gasteiger partial charge in [-0.15, -0.1) is 10.2 Å². The fourth-order valence-corrected chi connectivity index (χ4v) is 2.14. The molecule has 0 atom stereocenters. The Balaban J connectivity index is 2.41. The molecule has 1 aromatic heterocycles. The maximum atomic E-state index is 5.75. The van der Waals surface area contributed by atoms with Crippen LogP contribution in [0.4, 0.5) is 5.69 Å². The van der Waals surface area contributed by atoms with E-state index in [-0.39, 0.29) is 0 Å². The third-order valence-corrected chi connectivity index (χ3v) is 3.16. The third kappa shape index (κ3) is 2.04. The van der Waals surface area contributed by atoms with Gasteiger partial charge in [0.2, 0.25) is 0 Å². The highest BCUT2D eigenvalue weighted by molar-refractivity contribution is 7.99. The zero-order valence-corrected chi connectivity index (χ0v) is 10.2. The average Bonchev–Trinajstić information content (AvgIpc) is 2.61. The molecule has 84 valence electrons. The molecule has 0 amide bonds. The van der Waals surface area contributed by atoms with Gasteiger partial charge in [-0.05, 0) is 17.9 Å². The minimum Gasteiger partial charge on any atom is -0.399 e. The van der Waals surface area contributed by atoms with E-state index in [1.807, 2.05) is 35.9 Å². The molecule has 2 N–H and O–H groups in total. The van der Waals surface area contributed by atoms with Crippen LogP contribution in [-0.2, 0) is 7.05 Å². The van der Waals surface area contributed by atoms with E-state index in [0.29, 0.717) is 0 Å². The predicted octanol–water partition coefficient (Wildman–Crippen LogP) is 2.18. The molecule has 0 saturated carbocycles. The van der Waals surface area contributed by atoms with Gasteiger partial charge in [-0.3, -0.25) is 0 Å². The molecular formula is C11H14N4S. The Bertz CT molecular complexity index is 492. The van der Waals surface area contributed by atoms with E-state index in [9.17, 15) is 0 Å². The monoisotopic (exact) mass is 234 g/mol. The van der Waals surface area contributed by atoms with Gasteiger partial charge in [-0.2, -0.15) is 0 Å². The molecule has 1 heterocycles. The Morgan fingerprint density at radius 2 is 2.19 bits per heavy atom. The number of rotatable bonds is 3. The lowest BCUT2D eigenvalue weighted by atomic mass is 10.2. The normalized spacial score (nSPS) is 10.6. The second kappa shape index (κ2) is 4.57. The van der Waals surface area contributed by atoms with Gasteiger partial charge in [0.25, 0.3) is 0 Å². The Morgan fingerprint density at radius 3 is 2.88 bits per heavy atom. The van der Waals surface area contributed by atoms with E-state index in [0.717, 1.165) is 28.0 Å². The summed E-state index contributed by atoms with van der Waals surface area (Å²) in [6.07, 6.45) is 0. The molecule has 0 unspecified atom stereocenters. The third-order valence-electron chi connectivity index (χ3n) is 2.25. The van der Waals surface area contributed by atoms with E-state index in [1.165, 1.54) is 0 Å².